The van der Waals surface area contributed by atoms with Gasteiger partial charge in [0.05, 0.1) is 6.54 Å². The van der Waals surface area contributed by atoms with Crippen LogP contribution in [0.5, 0.6) is 5.75 Å². The van der Waals surface area contributed by atoms with E-state index in [2.05, 4.69) is 9.64 Å². The summed E-state index contributed by atoms with van der Waals surface area (Å²) < 4.78 is 48.2. The van der Waals surface area contributed by atoms with Crippen LogP contribution >= 0.6 is 0 Å². The lowest BCUT2D eigenvalue weighted by Crippen LogP contribution is -2.46. The second kappa shape index (κ2) is 7.99. The van der Waals surface area contributed by atoms with Crippen molar-refractivity contribution >= 4 is 11.8 Å². The number of piperidine rings is 1. The van der Waals surface area contributed by atoms with Gasteiger partial charge in [-0.25, -0.2) is 4.79 Å². The van der Waals surface area contributed by atoms with Gasteiger partial charge in [0, 0.05) is 38.2 Å². The van der Waals surface area contributed by atoms with Gasteiger partial charge in [0.15, 0.2) is 0 Å². The molecular formula is C24H25F3N2O3. The molecule has 1 amide bonds. The average Bonchev–Trinajstić information content (AvgIpc) is 3.55. The number of rotatable bonds is 5. The van der Waals surface area contributed by atoms with E-state index in [9.17, 15) is 18.0 Å². The third-order valence-electron chi connectivity index (χ3n) is 6.53. The number of halogens is 3. The first kappa shape index (κ1) is 21.1. The van der Waals surface area contributed by atoms with Crippen LogP contribution in [0.25, 0.3) is 0 Å². The molecule has 2 heterocycles. The van der Waals surface area contributed by atoms with Crippen molar-refractivity contribution in [1.29, 1.82) is 0 Å². The maximum absolute atomic E-state index is 12.7. The first-order chi connectivity index (χ1) is 15.3. The molecule has 1 saturated carbocycles. The maximum atomic E-state index is 12.7. The van der Waals surface area contributed by atoms with Crippen molar-refractivity contribution in [2.45, 2.75) is 50.1 Å². The number of anilines is 1. The average molecular weight is 446 g/mol. The molecule has 2 saturated heterocycles. The monoisotopic (exact) mass is 446 g/mol. The Morgan fingerprint density at radius 2 is 1.78 bits per heavy atom. The van der Waals surface area contributed by atoms with Gasteiger partial charge in [-0.3, -0.25) is 9.80 Å². The molecule has 0 aromatic heterocycles. The van der Waals surface area contributed by atoms with Gasteiger partial charge < -0.3 is 9.47 Å². The van der Waals surface area contributed by atoms with Crippen molar-refractivity contribution in [3.05, 3.63) is 59.7 Å². The van der Waals surface area contributed by atoms with Crippen molar-refractivity contribution in [3.63, 3.8) is 0 Å². The van der Waals surface area contributed by atoms with Gasteiger partial charge in [0.25, 0.3) is 0 Å². The van der Waals surface area contributed by atoms with Gasteiger partial charge in [0.2, 0.25) is 0 Å². The molecule has 0 N–H and O–H groups in total. The van der Waals surface area contributed by atoms with Gasteiger partial charge in [-0.2, -0.15) is 0 Å². The van der Waals surface area contributed by atoms with E-state index in [0.717, 1.165) is 50.0 Å². The molecule has 0 bridgehead atoms. The van der Waals surface area contributed by atoms with Gasteiger partial charge in [-0.05, 0) is 48.1 Å². The number of carbonyl (C=O) groups is 1. The summed E-state index contributed by atoms with van der Waals surface area (Å²) in [7, 11) is 0. The van der Waals surface area contributed by atoms with Crippen LogP contribution in [0.4, 0.5) is 23.7 Å². The first-order valence-electron chi connectivity index (χ1n) is 11.0. The number of amides is 1. The number of alkyl halides is 3. The molecule has 5 rings (SSSR count). The summed E-state index contributed by atoms with van der Waals surface area (Å²) in [4.78, 5) is 16.4. The molecule has 0 atom stereocenters. The predicted molar refractivity (Wildman–Crippen MR) is 113 cm³/mol. The number of ether oxygens (including phenoxy) is 2. The fraction of sp³-hybridized carbons (Fsp3) is 0.458. The maximum Gasteiger partial charge on any atom is 0.573 e. The fourth-order valence-electron chi connectivity index (χ4n) is 4.69. The summed E-state index contributed by atoms with van der Waals surface area (Å²) in [5, 5.41) is 0. The Labute approximate surface area is 184 Å². The molecule has 0 unspecified atom stereocenters. The molecule has 0 radical (unpaired) electrons. The zero-order valence-corrected chi connectivity index (χ0v) is 17.6. The molecule has 2 aliphatic heterocycles. The van der Waals surface area contributed by atoms with E-state index in [0.29, 0.717) is 18.7 Å². The predicted octanol–water partition coefficient (Wildman–Crippen LogP) is 5.45. The lowest BCUT2D eigenvalue weighted by atomic mass is 9.91. The van der Waals surface area contributed by atoms with E-state index in [1.807, 2.05) is 36.4 Å². The summed E-state index contributed by atoms with van der Waals surface area (Å²) >= 11 is 0. The molecule has 8 heteroatoms. The standard InChI is InChI=1S/C24H25F3N2O3/c25-24(26,27)31-21-9-6-17(14-20(21)18-7-8-18)15-28-12-10-23(11-13-28)16-29(22(30)32-23)19-4-2-1-3-5-19/h1-6,9,14,18H,7-8,10-13,15-16H2. The van der Waals surface area contributed by atoms with Crippen LogP contribution in [0.3, 0.4) is 0 Å². The number of likely N-dealkylation sites (tertiary alicyclic amines) is 1. The van der Waals surface area contributed by atoms with E-state index < -0.39 is 12.0 Å². The van der Waals surface area contributed by atoms with Crippen molar-refractivity contribution in [1.82, 2.24) is 4.90 Å². The number of benzene rings is 2. The Morgan fingerprint density at radius 1 is 1.06 bits per heavy atom. The Bertz CT molecular complexity index is 984. The zero-order chi connectivity index (χ0) is 22.3. The molecule has 5 nitrogen and oxygen atoms in total. The Morgan fingerprint density at radius 3 is 2.44 bits per heavy atom. The Kier molecular flexibility index (Phi) is 5.28. The summed E-state index contributed by atoms with van der Waals surface area (Å²) in [6.45, 7) is 2.71. The minimum Gasteiger partial charge on any atom is -0.441 e. The second-order valence-electron chi connectivity index (χ2n) is 8.94. The van der Waals surface area contributed by atoms with Gasteiger partial charge in [-0.15, -0.1) is 13.2 Å². The number of nitrogens with zero attached hydrogens (tertiary/aromatic N) is 2. The number of hydrogen-bond acceptors (Lipinski definition) is 4. The van der Waals surface area contributed by atoms with Crippen LogP contribution in [0.2, 0.25) is 0 Å². The lowest BCUT2D eigenvalue weighted by Gasteiger charge is -2.37. The quantitative estimate of drug-likeness (QED) is 0.612. The molecule has 32 heavy (non-hydrogen) atoms. The van der Waals surface area contributed by atoms with Crippen LogP contribution in [0, 0.1) is 0 Å². The zero-order valence-electron chi connectivity index (χ0n) is 17.6. The summed E-state index contributed by atoms with van der Waals surface area (Å²) in [6.07, 6.45) is -1.74. The van der Waals surface area contributed by atoms with Crippen molar-refractivity contribution in [2.75, 3.05) is 24.5 Å². The summed E-state index contributed by atoms with van der Waals surface area (Å²) in [5.74, 6) is 0.0685. The van der Waals surface area contributed by atoms with E-state index in [1.54, 1.807) is 11.0 Å². The molecule has 3 aliphatic rings. The molecule has 3 fully saturated rings. The van der Waals surface area contributed by atoms with E-state index in [4.69, 9.17) is 4.74 Å². The topological polar surface area (TPSA) is 42.0 Å². The summed E-state index contributed by atoms with van der Waals surface area (Å²) in [6, 6.07) is 14.5. The van der Waals surface area contributed by atoms with Crippen molar-refractivity contribution in [3.8, 4) is 5.75 Å². The summed E-state index contributed by atoms with van der Waals surface area (Å²) in [5.41, 5.74) is 1.99. The van der Waals surface area contributed by atoms with Crippen LogP contribution in [0.1, 0.15) is 42.7 Å². The molecule has 2 aromatic rings. The number of para-hydroxylation sites is 1. The molecule has 170 valence electrons. The van der Waals surface area contributed by atoms with Gasteiger partial charge in [0.1, 0.15) is 11.4 Å². The van der Waals surface area contributed by atoms with Gasteiger partial charge >= 0.3 is 12.5 Å². The Hall–Kier alpha value is -2.74. The molecular weight excluding hydrogens is 421 g/mol. The highest BCUT2D eigenvalue weighted by molar-refractivity contribution is 5.90. The number of carbonyl (C=O) groups excluding carboxylic acids is 1. The highest BCUT2D eigenvalue weighted by atomic mass is 19.4. The molecule has 1 spiro atoms. The third kappa shape index (κ3) is 4.55. The highest BCUT2D eigenvalue weighted by Gasteiger charge is 2.47. The molecule has 2 aromatic carbocycles. The van der Waals surface area contributed by atoms with Crippen LogP contribution in [-0.2, 0) is 11.3 Å². The van der Waals surface area contributed by atoms with Crippen LogP contribution in [-0.4, -0.2) is 42.6 Å². The first-order valence-corrected chi connectivity index (χ1v) is 11.0. The SMILES string of the molecule is O=C1OC2(CCN(Cc3ccc(OC(F)(F)F)c(C4CC4)c3)CC2)CN1c1ccccc1. The van der Waals surface area contributed by atoms with E-state index in [1.165, 1.54) is 6.07 Å². The highest BCUT2D eigenvalue weighted by Crippen LogP contribution is 2.46. The minimum atomic E-state index is -4.68. The minimum absolute atomic E-state index is 0.0831. The van der Waals surface area contributed by atoms with Crippen molar-refractivity contribution < 1.29 is 27.4 Å². The fourth-order valence-corrected chi connectivity index (χ4v) is 4.69. The van der Waals surface area contributed by atoms with Crippen LogP contribution in [0.15, 0.2) is 48.5 Å². The molecule has 1 aliphatic carbocycles. The largest absolute Gasteiger partial charge is 0.573 e. The normalized spacial score (nSPS) is 21.1. The smallest absolute Gasteiger partial charge is 0.441 e. The van der Waals surface area contributed by atoms with Gasteiger partial charge in [-0.1, -0.05) is 30.3 Å². The Balaban J connectivity index is 1.22. The van der Waals surface area contributed by atoms with Crippen LogP contribution < -0.4 is 9.64 Å². The number of hydrogen-bond donors (Lipinski definition) is 0. The van der Waals surface area contributed by atoms with E-state index in [-0.39, 0.29) is 17.8 Å². The third-order valence-corrected chi connectivity index (χ3v) is 6.53. The lowest BCUT2D eigenvalue weighted by molar-refractivity contribution is -0.274. The second-order valence-corrected chi connectivity index (χ2v) is 8.94. The van der Waals surface area contributed by atoms with Crippen molar-refractivity contribution in [2.24, 2.45) is 0 Å². The van der Waals surface area contributed by atoms with E-state index >= 15 is 0 Å².